The van der Waals surface area contributed by atoms with Gasteiger partial charge in [-0.25, -0.2) is 0 Å². The fourth-order valence-corrected chi connectivity index (χ4v) is 2.41. The number of thiophene rings is 1. The van der Waals surface area contributed by atoms with E-state index in [1.807, 2.05) is 25.4 Å². The number of rotatable bonds is 4. The Labute approximate surface area is 119 Å². The predicted octanol–water partition coefficient (Wildman–Crippen LogP) is 2.34. The monoisotopic (exact) mass is 279 g/mol. The Morgan fingerprint density at radius 2 is 2.16 bits per heavy atom. The van der Waals surface area contributed by atoms with E-state index in [0.717, 1.165) is 10.4 Å². The van der Waals surface area contributed by atoms with E-state index in [2.05, 4.69) is 25.7 Å². The Morgan fingerprint density at radius 1 is 1.47 bits per heavy atom. The Morgan fingerprint density at radius 3 is 2.74 bits per heavy atom. The Hall–Kier alpha value is -1.31. The largest absolute Gasteiger partial charge is 0.384 e. The molecule has 0 fully saturated rings. The lowest BCUT2D eigenvalue weighted by Gasteiger charge is -2.23. The van der Waals surface area contributed by atoms with Gasteiger partial charge < -0.3 is 10.0 Å². The van der Waals surface area contributed by atoms with Gasteiger partial charge in [0.15, 0.2) is 0 Å². The second-order valence-corrected chi connectivity index (χ2v) is 5.92. The van der Waals surface area contributed by atoms with Crippen LogP contribution in [0, 0.1) is 23.7 Å². The quantitative estimate of drug-likeness (QED) is 0.859. The smallest absolute Gasteiger partial charge is 0.225 e. The number of hydrogen-bond acceptors (Lipinski definition) is 3. The topological polar surface area (TPSA) is 40.5 Å². The average Bonchev–Trinajstić information content (AvgIpc) is 2.81. The van der Waals surface area contributed by atoms with Crippen molar-refractivity contribution in [3.05, 3.63) is 21.9 Å². The molecule has 4 heteroatoms. The molecule has 1 atom stereocenters. The van der Waals surface area contributed by atoms with Gasteiger partial charge in [-0.1, -0.05) is 32.6 Å². The minimum atomic E-state index is -0.127. The normalized spacial score (nSPS) is 11.9. The average molecular weight is 279 g/mol. The molecule has 1 unspecified atom stereocenters. The first-order valence-corrected chi connectivity index (χ1v) is 7.25. The maximum atomic E-state index is 12.1. The Bertz CT molecular complexity index is 482. The lowest BCUT2D eigenvalue weighted by atomic mass is 9.97. The van der Waals surface area contributed by atoms with Crippen molar-refractivity contribution in [2.75, 3.05) is 13.7 Å². The van der Waals surface area contributed by atoms with Crippen LogP contribution in [0.1, 0.15) is 31.2 Å². The summed E-state index contributed by atoms with van der Waals surface area (Å²) >= 11 is 1.54. The molecule has 0 radical (unpaired) electrons. The van der Waals surface area contributed by atoms with Crippen molar-refractivity contribution in [1.82, 2.24) is 4.90 Å². The maximum absolute atomic E-state index is 12.1. The van der Waals surface area contributed by atoms with Gasteiger partial charge in [-0.2, -0.15) is 0 Å². The molecule has 19 heavy (non-hydrogen) atoms. The molecule has 1 rings (SSSR count). The summed E-state index contributed by atoms with van der Waals surface area (Å²) in [5.41, 5.74) is 1.08. The molecule has 1 amide bonds. The van der Waals surface area contributed by atoms with Crippen LogP contribution in [-0.4, -0.2) is 29.6 Å². The molecule has 1 aromatic heterocycles. The summed E-state index contributed by atoms with van der Waals surface area (Å²) in [5, 5.41) is 10.6. The van der Waals surface area contributed by atoms with Crippen molar-refractivity contribution in [1.29, 1.82) is 0 Å². The zero-order valence-electron chi connectivity index (χ0n) is 11.9. The van der Waals surface area contributed by atoms with Crippen LogP contribution in [0.4, 0.5) is 0 Å². The highest BCUT2D eigenvalue weighted by Crippen LogP contribution is 2.18. The van der Waals surface area contributed by atoms with Gasteiger partial charge >= 0.3 is 0 Å². The molecule has 0 aliphatic heterocycles. The second-order valence-electron chi connectivity index (χ2n) is 5.01. The Balaban J connectivity index is 2.64. The van der Waals surface area contributed by atoms with E-state index in [4.69, 9.17) is 5.11 Å². The number of amides is 1. The van der Waals surface area contributed by atoms with Crippen molar-refractivity contribution in [3.8, 4) is 11.8 Å². The highest BCUT2D eigenvalue weighted by molar-refractivity contribution is 7.10. The maximum Gasteiger partial charge on any atom is 0.225 e. The summed E-state index contributed by atoms with van der Waals surface area (Å²) in [6, 6.07) is 1.97. The highest BCUT2D eigenvalue weighted by atomic mass is 32.1. The SMILES string of the molecule is CC(C)C(C)C(=O)N(C)Cc1csc(C#CCO)c1. The molecule has 0 aliphatic carbocycles. The molecule has 0 aromatic carbocycles. The fourth-order valence-electron chi connectivity index (χ4n) is 1.64. The van der Waals surface area contributed by atoms with Crippen LogP contribution in [0.2, 0.25) is 0 Å². The van der Waals surface area contributed by atoms with E-state index in [1.165, 1.54) is 11.3 Å². The number of carbonyl (C=O) groups excluding carboxylic acids is 1. The van der Waals surface area contributed by atoms with Gasteiger partial charge in [-0.05, 0) is 22.9 Å². The zero-order chi connectivity index (χ0) is 14.4. The molecule has 0 saturated heterocycles. The van der Waals surface area contributed by atoms with E-state index in [9.17, 15) is 4.79 Å². The summed E-state index contributed by atoms with van der Waals surface area (Å²) in [6.07, 6.45) is 0. The van der Waals surface area contributed by atoms with Crippen molar-refractivity contribution >= 4 is 17.2 Å². The first-order valence-electron chi connectivity index (χ1n) is 6.37. The van der Waals surface area contributed by atoms with E-state index < -0.39 is 0 Å². The number of aliphatic hydroxyl groups is 1. The Kier molecular flexibility index (Phi) is 6.07. The second kappa shape index (κ2) is 7.32. The molecule has 0 saturated carbocycles. The van der Waals surface area contributed by atoms with Crippen molar-refractivity contribution < 1.29 is 9.90 Å². The number of carbonyl (C=O) groups is 1. The van der Waals surface area contributed by atoms with Gasteiger partial charge in [0.1, 0.15) is 6.61 Å². The zero-order valence-corrected chi connectivity index (χ0v) is 12.8. The first-order chi connectivity index (χ1) is 8.95. The fraction of sp³-hybridized carbons (Fsp3) is 0.533. The lowest BCUT2D eigenvalue weighted by Crippen LogP contribution is -2.33. The van der Waals surface area contributed by atoms with Crippen molar-refractivity contribution in [2.24, 2.45) is 11.8 Å². The third kappa shape index (κ3) is 4.70. The van der Waals surface area contributed by atoms with Gasteiger partial charge in [0.2, 0.25) is 5.91 Å². The summed E-state index contributed by atoms with van der Waals surface area (Å²) in [6.45, 7) is 6.56. The summed E-state index contributed by atoms with van der Waals surface area (Å²) in [7, 11) is 1.83. The molecule has 0 aliphatic rings. The third-order valence-electron chi connectivity index (χ3n) is 3.13. The standard InChI is InChI=1S/C15H21NO2S/c1-11(2)12(3)15(18)16(4)9-13-8-14(19-10-13)6-5-7-17/h8,10-12,17H,7,9H2,1-4H3. The molecule has 0 spiro atoms. The van der Waals surface area contributed by atoms with E-state index in [-0.39, 0.29) is 18.4 Å². The van der Waals surface area contributed by atoms with Gasteiger partial charge in [-0.3, -0.25) is 4.79 Å². The van der Waals surface area contributed by atoms with Gasteiger partial charge in [0.25, 0.3) is 0 Å². The van der Waals surface area contributed by atoms with Crippen LogP contribution in [0.3, 0.4) is 0 Å². The van der Waals surface area contributed by atoms with Gasteiger partial charge in [0, 0.05) is 19.5 Å². The number of nitrogens with zero attached hydrogens (tertiary/aromatic N) is 1. The van der Waals surface area contributed by atoms with Crippen molar-refractivity contribution in [2.45, 2.75) is 27.3 Å². The molecule has 104 valence electrons. The van der Waals surface area contributed by atoms with Crippen LogP contribution < -0.4 is 0 Å². The first kappa shape index (κ1) is 15.7. The van der Waals surface area contributed by atoms with E-state index in [1.54, 1.807) is 4.90 Å². The highest BCUT2D eigenvalue weighted by Gasteiger charge is 2.20. The van der Waals surface area contributed by atoms with Crippen LogP contribution in [-0.2, 0) is 11.3 Å². The third-order valence-corrected chi connectivity index (χ3v) is 4.02. The number of hydrogen-bond donors (Lipinski definition) is 1. The molecule has 3 nitrogen and oxygen atoms in total. The van der Waals surface area contributed by atoms with Gasteiger partial charge in [0.05, 0.1) is 4.88 Å². The summed E-state index contributed by atoms with van der Waals surface area (Å²) in [5.74, 6) is 6.06. The van der Waals surface area contributed by atoms with E-state index in [0.29, 0.717) is 12.5 Å². The van der Waals surface area contributed by atoms with Crippen LogP contribution >= 0.6 is 11.3 Å². The molecular weight excluding hydrogens is 258 g/mol. The van der Waals surface area contributed by atoms with E-state index >= 15 is 0 Å². The molecule has 1 N–H and O–H groups in total. The summed E-state index contributed by atoms with van der Waals surface area (Å²) in [4.78, 5) is 14.8. The van der Waals surface area contributed by atoms with Crippen LogP contribution in [0.5, 0.6) is 0 Å². The molecule has 0 bridgehead atoms. The van der Waals surface area contributed by atoms with Gasteiger partial charge in [-0.15, -0.1) is 11.3 Å². The lowest BCUT2D eigenvalue weighted by molar-refractivity contribution is -0.135. The summed E-state index contributed by atoms with van der Waals surface area (Å²) < 4.78 is 0. The minimum absolute atomic E-state index is 0.0392. The molecular formula is C15H21NO2S. The molecule has 1 aromatic rings. The predicted molar refractivity (Wildman–Crippen MR) is 78.8 cm³/mol. The van der Waals surface area contributed by atoms with Crippen LogP contribution in [0.25, 0.3) is 0 Å². The van der Waals surface area contributed by atoms with Crippen LogP contribution in [0.15, 0.2) is 11.4 Å². The minimum Gasteiger partial charge on any atom is -0.384 e. The molecule has 1 heterocycles. The van der Waals surface area contributed by atoms with Crippen molar-refractivity contribution in [3.63, 3.8) is 0 Å². The number of aliphatic hydroxyl groups excluding tert-OH is 1.